The average molecular weight is 270 g/mol. The number of aryl methyl sites for hydroxylation is 3. The molecule has 0 aliphatic rings. The number of aromatic hydroxyl groups is 2. The third-order valence-corrected chi connectivity index (χ3v) is 3.72. The zero-order valence-electron chi connectivity index (χ0n) is 11.4. The monoisotopic (exact) mass is 270 g/mol. The molecule has 0 unspecified atom stereocenters. The summed E-state index contributed by atoms with van der Waals surface area (Å²) in [5.41, 5.74) is 1.92. The largest absolute Gasteiger partial charge is 0.508 e. The highest BCUT2D eigenvalue weighted by atomic mass is 16.4. The summed E-state index contributed by atoms with van der Waals surface area (Å²) in [4.78, 5) is 12.1. The number of hydrogen-bond acceptors (Lipinski definition) is 4. The summed E-state index contributed by atoms with van der Waals surface area (Å²) in [6, 6.07) is 4.85. The van der Waals surface area contributed by atoms with Gasteiger partial charge in [0, 0.05) is 16.3 Å². The Bertz CT molecular complexity index is 920. The SMILES string of the molecule is Cc1cc2c(cc1O)c(=O)oc1c(C)c(O)cc(C)c12. The second-order valence-corrected chi connectivity index (χ2v) is 5.12. The normalized spacial score (nSPS) is 11.3. The van der Waals surface area contributed by atoms with Gasteiger partial charge in [-0.2, -0.15) is 0 Å². The van der Waals surface area contributed by atoms with Crippen LogP contribution in [0.25, 0.3) is 21.7 Å². The quantitative estimate of drug-likeness (QED) is 0.486. The number of benzene rings is 2. The molecule has 0 aliphatic heterocycles. The Hall–Kier alpha value is -2.49. The third kappa shape index (κ3) is 1.58. The molecule has 20 heavy (non-hydrogen) atoms. The predicted octanol–water partition coefficient (Wildman–Crippen LogP) is 3.28. The fourth-order valence-corrected chi connectivity index (χ4v) is 2.55. The van der Waals surface area contributed by atoms with E-state index < -0.39 is 5.63 Å². The van der Waals surface area contributed by atoms with Crippen molar-refractivity contribution >= 4 is 21.7 Å². The molecule has 0 aliphatic carbocycles. The highest BCUT2D eigenvalue weighted by Gasteiger charge is 2.15. The van der Waals surface area contributed by atoms with Crippen molar-refractivity contribution in [3.63, 3.8) is 0 Å². The molecule has 2 N–H and O–H groups in total. The van der Waals surface area contributed by atoms with Crippen LogP contribution >= 0.6 is 0 Å². The van der Waals surface area contributed by atoms with E-state index in [1.54, 1.807) is 26.0 Å². The van der Waals surface area contributed by atoms with Gasteiger partial charge in [0.25, 0.3) is 0 Å². The van der Waals surface area contributed by atoms with Crippen molar-refractivity contribution in [3.8, 4) is 11.5 Å². The number of phenols is 2. The standard InChI is InChI=1S/C16H14O4/c1-7-4-10-11(6-12(7)17)16(19)20-15-9(3)13(18)5-8(2)14(10)15/h4-6,17-18H,1-3H3. The molecule has 1 heterocycles. The van der Waals surface area contributed by atoms with Crippen LogP contribution in [0.5, 0.6) is 11.5 Å². The molecule has 0 fully saturated rings. The molecule has 0 saturated carbocycles. The minimum atomic E-state index is -0.518. The van der Waals surface area contributed by atoms with Crippen LogP contribution in [0.1, 0.15) is 16.7 Å². The molecule has 0 saturated heterocycles. The van der Waals surface area contributed by atoms with E-state index in [4.69, 9.17) is 4.42 Å². The highest BCUT2D eigenvalue weighted by molar-refractivity contribution is 6.08. The van der Waals surface area contributed by atoms with E-state index in [1.165, 1.54) is 6.07 Å². The molecule has 1 aromatic heterocycles. The van der Waals surface area contributed by atoms with E-state index >= 15 is 0 Å². The lowest BCUT2D eigenvalue weighted by Gasteiger charge is -2.10. The summed E-state index contributed by atoms with van der Waals surface area (Å²) in [7, 11) is 0. The molecule has 4 nitrogen and oxygen atoms in total. The molecular weight excluding hydrogens is 256 g/mol. The van der Waals surface area contributed by atoms with E-state index in [1.807, 2.05) is 6.92 Å². The molecular formula is C16H14O4. The van der Waals surface area contributed by atoms with Gasteiger partial charge in [0.15, 0.2) is 0 Å². The second-order valence-electron chi connectivity index (χ2n) is 5.12. The van der Waals surface area contributed by atoms with Gasteiger partial charge in [-0.3, -0.25) is 0 Å². The first-order valence-electron chi connectivity index (χ1n) is 6.29. The van der Waals surface area contributed by atoms with Crippen LogP contribution in [0.4, 0.5) is 0 Å². The van der Waals surface area contributed by atoms with Crippen LogP contribution in [0.3, 0.4) is 0 Å². The molecule has 102 valence electrons. The lowest BCUT2D eigenvalue weighted by molar-refractivity contribution is 0.467. The Morgan fingerprint density at radius 2 is 1.60 bits per heavy atom. The second kappa shape index (κ2) is 4.00. The van der Waals surface area contributed by atoms with E-state index in [-0.39, 0.29) is 11.5 Å². The average Bonchev–Trinajstić information content (AvgIpc) is 2.38. The fraction of sp³-hybridized carbons (Fsp3) is 0.188. The van der Waals surface area contributed by atoms with Gasteiger partial charge < -0.3 is 14.6 Å². The molecule has 0 bridgehead atoms. The number of hydrogen-bond donors (Lipinski definition) is 2. The van der Waals surface area contributed by atoms with E-state index in [0.29, 0.717) is 22.1 Å². The number of phenolic OH excluding ortho intramolecular Hbond substituents is 2. The zero-order chi connectivity index (χ0) is 14.6. The molecule has 0 radical (unpaired) electrons. The first-order valence-corrected chi connectivity index (χ1v) is 6.29. The van der Waals surface area contributed by atoms with Crippen molar-refractivity contribution in [2.75, 3.05) is 0 Å². The van der Waals surface area contributed by atoms with Gasteiger partial charge in [-0.15, -0.1) is 0 Å². The Labute approximate surface area is 114 Å². The van der Waals surface area contributed by atoms with Crippen molar-refractivity contribution in [3.05, 3.63) is 45.3 Å². The first-order chi connectivity index (χ1) is 9.40. The maximum atomic E-state index is 12.1. The van der Waals surface area contributed by atoms with Gasteiger partial charge in [0.2, 0.25) is 0 Å². The highest BCUT2D eigenvalue weighted by Crippen LogP contribution is 2.35. The number of fused-ring (bicyclic) bond motifs is 3. The summed E-state index contributed by atoms with van der Waals surface area (Å²) in [6.07, 6.45) is 0. The van der Waals surface area contributed by atoms with Crippen LogP contribution in [-0.2, 0) is 0 Å². The van der Waals surface area contributed by atoms with E-state index in [9.17, 15) is 15.0 Å². The predicted molar refractivity (Wildman–Crippen MR) is 77.5 cm³/mol. The summed E-state index contributed by atoms with van der Waals surface area (Å²) >= 11 is 0. The molecule has 0 spiro atoms. The molecule has 3 aromatic rings. The van der Waals surface area contributed by atoms with Crippen LogP contribution in [-0.4, -0.2) is 10.2 Å². The van der Waals surface area contributed by atoms with Gasteiger partial charge >= 0.3 is 5.63 Å². The van der Waals surface area contributed by atoms with Crippen LogP contribution in [0.2, 0.25) is 0 Å². The lowest BCUT2D eigenvalue weighted by Crippen LogP contribution is -2.02. The summed E-state index contributed by atoms with van der Waals surface area (Å²) in [6.45, 7) is 5.33. The molecule has 0 atom stereocenters. The first kappa shape index (κ1) is 12.5. The van der Waals surface area contributed by atoms with Gasteiger partial charge in [-0.25, -0.2) is 4.79 Å². The summed E-state index contributed by atoms with van der Waals surface area (Å²) < 4.78 is 5.34. The third-order valence-electron chi connectivity index (χ3n) is 3.72. The fourth-order valence-electron chi connectivity index (χ4n) is 2.55. The van der Waals surface area contributed by atoms with Gasteiger partial charge in [0.1, 0.15) is 17.1 Å². The maximum Gasteiger partial charge on any atom is 0.344 e. The topological polar surface area (TPSA) is 70.7 Å². The molecule has 0 amide bonds. The number of rotatable bonds is 0. The van der Waals surface area contributed by atoms with Crippen LogP contribution in [0, 0.1) is 20.8 Å². The summed E-state index contributed by atoms with van der Waals surface area (Å²) in [5, 5.41) is 21.5. The van der Waals surface area contributed by atoms with Gasteiger partial charge in [0.05, 0.1) is 5.39 Å². The Morgan fingerprint density at radius 1 is 0.900 bits per heavy atom. The minimum Gasteiger partial charge on any atom is -0.508 e. The maximum absolute atomic E-state index is 12.1. The van der Waals surface area contributed by atoms with Crippen molar-refractivity contribution in [1.29, 1.82) is 0 Å². The van der Waals surface area contributed by atoms with Gasteiger partial charge in [-0.05, 0) is 50.1 Å². The molecule has 2 aromatic carbocycles. The minimum absolute atomic E-state index is 0.0669. The molecule has 3 rings (SSSR count). The Kier molecular flexibility index (Phi) is 2.51. The van der Waals surface area contributed by atoms with E-state index in [2.05, 4.69) is 0 Å². The van der Waals surface area contributed by atoms with Crippen molar-refractivity contribution in [2.45, 2.75) is 20.8 Å². The van der Waals surface area contributed by atoms with Crippen LogP contribution in [0.15, 0.2) is 27.4 Å². The van der Waals surface area contributed by atoms with Crippen LogP contribution < -0.4 is 5.63 Å². The Morgan fingerprint density at radius 3 is 2.30 bits per heavy atom. The van der Waals surface area contributed by atoms with Gasteiger partial charge in [-0.1, -0.05) is 0 Å². The lowest BCUT2D eigenvalue weighted by atomic mass is 9.98. The zero-order valence-corrected chi connectivity index (χ0v) is 11.4. The molecule has 4 heteroatoms. The Balaban J connectivity index is 2.70. The van der Waals surface area contributed by atoms with Crippen molar-refractivity contribution < 1.29 is 14.6 Å². The smallest absolute Gasteiger partial charge is 0.344 e. The van der Waals surface area contributed by atoms with Crippen molar-refractivity contribution in [1.82, 2.24) is 0 Å². The van der Waals surface area contributed by atoms with E-state index in [0.717, 1.165) is 16.3 Å². The van der Waals surface area contributed by atoms with Crippen molar-refractivity contribution in [2.24, 2.45) is 0 Å². The summed E-state index contributed by atoms with van der Waals surface area (Å²) in [5.74, 6) is 0.172.